The number of aromatic amines is 2. The molecule has 0 atom stereocenters. The fourth-order valence-electron chi connectivity index (χ4n) is 4.08. The van der Waals surface area contributed by atoms with Gasteiger partial charge >= 0.3 is 0 Å². The van der Waals surface area contributed by atoms with Crippen molar-refractivity contribution in [3.63, 3.8) is 0 Å². The molecule has 7 nitrogen and oxygen atoms in total. The van der Waals surface area contributed by atoms with Gasteiger partial charge in [-0.05, 0) is 31.2 Å². The first-order valence-electron chi connectivity index (χ1n) is 10.0. The normalized spacial score (nSPS) is 11.5. The summed E-state index contributed by atoms with van der Waals surface area (Å²) in [6, 6.07) is 12.4. The number of nitrogens with zero attached hydrogens (tertiary/aromatic N) is 5. The van der Waals surface area contributed by atoms with Crippen molar-refractivity contribution in [2.45, 2.75) is 6.92 Å². The first-order valence-corrected chi connectivity index (χ1v) is 10.0. The summed E-state index contributed by atoms with van der Waals surface area (Å²) in [6.45, 7) is 2.00. The molecule has 6 rings (SSSR count). The van der Waals surface area contributed by atoms with Gasteiger partial charge in [0.25, 0.3) is 0 Å². The minimum absolute atomic E-state index is 0.879. The fourth-order valence-corrected chi connectivity index (χ4v) is 4.08. The van der Waals surface area contributed by atoms with Crippen molar-refractivity contribution >= 4 is 21.8 Å². The number of fused-ring (bicyclic) bond motifs is 2. The molecule has 7 heteroatoms. The first-order chi connectivity index (χ1) is 15.2. The van der Waals surface area contributed by atoms with Crippen LogP contribution in [0.4, 0.5) is 0 Å². The van der Waals surface area contributed by atoms with Crippen molar-refractivity contribution in [1.29, 1.82) is 0 Å². The van der Waals surface area contributed by atoms with Gasteiger partial charge in [-0.3, -0.25) is 15.1 Å². The highest BCUT2D eigenvalue weighted by molar-refractivity contribution is 6.01. The third-order valence-electron chi connectivity index (χ3n) is 5.85. The molecule has 31 heavy (non-hydrogen) atoms. The van der Waals surface area contributed by atoms with Gasteiger partial charge in [-0.1, -0.05) is 12.1 Å². The van der Waals surface area contributed by atoms with E-state index >= 15 is 0 Å². The standard InChI is InChI=1S/C24H19N7/c1-14-27-13-23(31(14)2)15-5-6-20-18(8-15)24(30-29-20)21-9-17-19(11-26-12-22(17)28-21)16-4-3-7-25-10-16/h3-13,28H,1-2H3,(H,29,30). The van der Waals surface area contributed by atoms with E-state index in [2.05, 4.69) is 59.0 Å². The summed E-state index contributed by atoms with van der Waals surface area (Å²) in [4.78, 5) is 16.6. The van der Waals surface area contributed by atoms with Crippen LogP contribution in [0.2, 0.25) is 0 Å². The van der Waals surface area contributed by atoms with Gasteiger partial charge in [-0.25, -0.2) is 4.98 Å². The molecule has 0 saturated heterocycles. The lowest BCUT2D eigenvalue weighted by molar-refractivity contribution is 0.865. The Bertz CT molecular complexity index is 1550. The van der Waals surface area contributed by atoms with E-state index in [9.17, 15) is 0 Å². The van der Waals surface area contributed by atoms with Crippen LogP contribution >= 0.6 is 0 Å². The van der Waals surface area contributed by atoms with Crippen LogP contribution in [0.25, 0.3) is 55.6 Å². The Morgan fingerprint density at radius 1 is 0.871 bits per heavy atom. The number of benzene rings is 1. The van der Waals surface area contributed by atoms with Gasteiger partial charge in [0.1, 0.15) is 11.5 Å². The Balaban J connectivity index is 1.52. The minimum atomic E-state index is 0.879. The number of nitrogens with one attached hydrogen (secondary N) is 2. The molecule has 6 aromatic rings. The Hall–Kier alpha value is -4.26. The van der Waals surface area contributed by atoms with Gasteiger partial charge in [0.05, 0.1) is 34.8 Å². The van der Waals surface area contributed by atoms with Gasteiger partial charge < -0.3 is 9.55 Å². The highest BCUT2D eigenvalue weighted by Gasteiger charge is 2.15. The van der Waals surface area contributed by atoms with E-state index in [1.807, 2.05) is 50.9 Å². The molecule has 150 valence electrons. The van der Waals surface area contributed by atoms with E-state index in [1.54, 1.807) is 6.20 Å². The maximum atomic E-state index is 4.61. The Morgan fingerprint density at radius 2 is 1.81 bits per heavy atom. The van der Waals surface area contributed by atoms with Gasteiger partial charge in [0.2, 0.25) is 0 Å². The van der Waals surface area contributed by atoms with Crippen LogP contribution in [0.3, 0.4) is 0 Å². The van der Waals surface area contributed by atoms with Crippen molar-refractivity contribution in [1.82, 2.24) is 34.7 Å². The molecule has 0 unspecified atom stereocenters. The number of pyridine rings is 2. The van der Waals surface area contributed by atoms with E-state index in [1.165, 1.54) is 0 Å². The molecule has 5 heterocycles. The van der Waals surface area contributed by atoms with E-state index in [-0.39, 0.29) is 0 Å². The van der Waals surface area contributed by atoms with Crippen molar-refractivity contribution in [2.24, 2.45) is 7.05 Å². The summed E-state index contributed by atoms with van der Waals surface area (Å²) in [5.41, 5.74) is 8.03. The number of H-pyrrole nitrogens is 2. The van der Waals surface area contributed by atoms with Gasteiger partial charge in [-0.15, -0.1) is 0 Å². The molecule has 2 N–H and O–H groups in total. The minimum Gasteiger partial charge on any atom is -0.352 e. The monoisotopic (exact) mass is 405 g/mol. The Morgan fingerprint density at radius 3 is 2.61 bits per heavy atom. The third kappa shape index (κ3) is 2.74. The maximum absolute atomic E-state index is 4.61. The largest absolute Gasteiger partial charge is 0.352 e. The molecule has 0 spiro atoms. The number of aryl methyl sites for hydroxylation is 1. The molecule has 1 aromatic carbocycles. The molecular weight excluding hydrogens is 386 g/mol. The predicted octanol–water partition coefficient (Wildman–Crippen LogP) is 4.88. The van der Waals surface area contributed by atoms with Crippen LogP contribution in [-0.2, 0) is 7.05 Å². The fraction of sp³-hybridized carbons (Fsp3) is 0.0833. The second-order valence-electron chi connectivity index (χ2n) is 7.66. The Labute approximate surface area is 177 Å². The second-order valence-corrected chi connectivity index (χ2v) is 7.66. The predicted molar refractivity (Wildman–Crippen MR) is 121 cm³/mol. The number of hydrogen-bond donors (Lipinski definition) is 2. The van der Waals surface area contributed by atoms with E-state index in [0.29, 0.717) is 0 Å². The summed E-state index contributed by atoms with van der Waals surface area (Å²) in [6.07, 6.45) is 9.26. The van der Waals surface area contributed by atoms with Crippen LogP contribution in [0.15, 0.2) is 67.4 Å². The summed E-state index contributed by atoms with van der Waals surface area (Å²) in [7, 11) is 2.03. The number of aromatic nitrogens is 7. The van der Waals surface area contributed by atoms with E-state index < -0.39 is 0 Å². The van der Waals surface area contributed by atoms with Gasteiger partial charge in [0.15, 0.2) is 0 Å². The van der Waals surface area contributed by atoms with E-state index in [0.717, 1.165) is 61.4 Å². The average molecular weight is 405 g/mol. The lowest BCUT2D eigenvalue weighted by Gasteiger charge is -2.04. The van der Waals surface area contributed by atoms with E-state index in [4.69, 9.17) is 0 Å². The number of rotatable bonds is 3. The maximum Gasteiger partial charge on any atom is 0.116 e. The summed E-state index contributed by atoms with van der Waals surface area (Å²) >= 11 is 0. The van der Waals surface area contributed by atoms with Gasteiger partial charge in [0, 0.05) is 53.1 Å². The molecule has 0 radical (unpaired) electrons. The quantitative estimate of drug-likeness (QED) is 0.439. The molecule has 0 aliphatic carbocycles. The van der Waals surface area contributed by atoms with Gasteiger partial charge in [-0.2, -0.15) is 5.10 Å². The molecule has 5 aromatic heterocycles. The summed E-state index contributed by atoms with van der Waals surface area (Å²) in [5, 5.41) is 9.92. The zero-order valence-corrected chi connectivity index (χ0v) is 17.1. The molecule has 0 aliphatic heterocycles. The molecular formula is C24H19N7. The molecule has 0 saturated carbocycles. The van der Waals surface area contributed by atoms with Crippen molar-refractivity contribution in [3.8, 4) is 33.8 Å². The van der Waals surface area contributed by atoms with Crippen LogP contribution in [0.1, 0.15) is 5.82 Å². The molecule has 0 aliphatic rings. The molecule has 0 fully saturated rings. The highest BCUT2D eigenvalue weighted by atomic mass is 15.1. The van der Waals surface area contributed by atoms with Crippen molar-refractivity contribution in [3.05, 3.63) is 73.2 Å². The molecule has 0 bridgehead atoms. The van der Waals surface area contributed by atoms with Crippen molar-refractivity contribution < 1.29 is 0 Å². The third-order valence-corrected chi connectivity index (χ3v) is 5.85. The first kappa shape index (κ1) is 17.6. The lowest BCUT2D eigenvalue weighted by Crippen LogP contribution is -1.94. The average Bonchev–Trinajstić information content (AvgIpc) is 3.50. The lowest BCUT2D eigenvalue weighted by atomic mass is 10.0. The summed E-state index contributed by atoms with van der Waals surface area (Å²) in [5.74, 6) is 0.980. The topological polar surface area (TPSA) is 88.1 Å². The number of hydrogen-bond acceptors (Lipinski definition) is 4. The molecule has 0 amide bonds. The van der Waals surface area contributed by atoms with Crippen LogP contribution in [0, 0.1) is 6.92 Å². The summed E-state index contributed by atoms with van der Waals surface area (Å²) < 4.78 is 2.09. The van der Waals surface area contributed by atoms with Crippen LogP contribution < -0.4 is 0 Å². The number of imidazole rings is 1. The van der Waals surface area contributed by atoms with Crippen LogP contribution in [0.5, 0.6) is 0 Å². The SMILES string of the molecule is Cc1ncc(-c2ccc3[nH]nc(-c4cc5c(-c6cccnc6)cncc5[nH]4)c3c2)n1C. The zero-order chi connectivity index (χ0) is 20.9. The smallest absolute Gasteiger partial charge is 0.116 e. The zero-order valence-electron chi connectivity index (χ0n) is 17.1. The highest BCUT2D eigenvalue weighted by Crippen LogP contribution is 2.34. The van der Waals surface area contributed by atoms with Crippen molar-refractivity contribution in [2.75, 3.05) is 0 Å². The van der Waals surface area contributed by atoms with Crippen LogP contribution in [-0.4, -0.2) is 34.7 Å². The Kier molecular flexibility index (Phi) is 3.76. The second kappa shape index (κ2) is 6.63.